The molecular formula is C19H20N4O5S3. The van der Waals surface area contributed by atoms with Gasteiger partial charge in [0.15, 0.2) is 11.5 Å². The summed E-state index contributed by atoms with van der Waals surface area (Å²) in [7, 11) is 4.57. The van der Waals surface area contributed by atoms with E-state index in [0.717, 1.165) is 5.01 Å². The fourth-order valence-electron chi connectivity index (χ4n) is 2.77. The molecule has 31 heavy (non-hydrogen) atoms. The second-order valence-electron chi connectivity index (χ2n) is 6.22. The maximum absolute atomic E-state index is 12.8. The van der Waals surface area contributed by atoms with Crippen LogP contribution in [0.1, 0.15) is 17.0 Å². The van der Waals surface area contributed by atoms with E-state index in [1.807, 2.05) is 0 Å². The van der Waals surface area contributed by atoms with Crippen molar-refractivity contribution in [2.45, 2.75) is 13.3 Å². The summed E-state index contributed by atoms with van der Waals surface area (Å²) in [5.41, 5.74) is 0.694. The molecule has 0 atom stereocenters. The summed E-state index contributed by atoms with van der Waals surface area (Å²) < 4.78 is 16.4. The lowest BCUT2D eigenvalue weighted by Gasteiger charge is -2.14. The molecule has 2 heterocycles. The minimum atomic E-state index is -0.265. The zero-order valence-corrected chi connectivity index (χ0v) is 19.7. The molecule has 1 aromatic heterocycles. The average Bonchev–Trinajstić information content (AvgIpc) is 3.27. The predicted molar refractivity (Wildman–Crippen MR) is 124 cm³/mol. The van der Waals surface area contributed by atoms with Crippen LogP contribution in [0.5, 0.6) is 17.2 Å². The number of ether oxygens (including phenoxy) is 3. The number of hydrogen-bond donors (Lipinski definition) is 1. The van der Waals surface area contributed by atoms with Gasteiger partial charge in [-0.2, -0.15) is 0 Å². The normalized spacial score (nSPS) is 14.8. The van der Waals surface area contributed by atoms with E-state index in [2.05, 4.69) is 15.5 Å². The van der Waals surface area contributed by atoms with Crippen molar-refractivity contribution >= 4 is 62.7 Å². The highest BCUT2D eigenvalue weighted by Gasteiger charge is 2.32. The van der Waals surface area contributed by atoms with Crippen LogP contribution >= 0.6 is 35.3 Å². The van der Waals surface area contributed by atoms with E-state index in [9.17, 15) is 9.59 Å². The van der Waals surface area contributed by atoms with Crippen molar-refractivity contribution in [2.75, 3.05) is 33.2 Å². The molecule has 2 amide bonds. The number of methoxy groups -OCH3 is 3. The summed E-state index contributed by atoms with van der Waals surface area (Å²) >= 11 is 7.80. The Balaban J connectivity index is 1.71. The van der Waals surface area contributed by atoms with Gasteiger partial charge in [-0.1, -0.05) is 35.3 Å². The molecule has 0 spiro atoms. The van der Waals surface area contributed by atoms with Gasteiger partial charge in [-0.05, 0) is 30.7 Å². The zero-order valence-electron chi connectivity index (χ0n) is 17.3. The monoisotopic (exact) mass is 480 g/mol. The van der Waals surface area contributed by atoms with E-state index in [0.29, 0.717) is 37.2 Å². The first-order valence-electron chi connectivity index (χ1n) is 9.01. The summed E-state index contributed by atoms with van der Waals surface area (Å²) in [6.45, 7) is 1.97. The third kappa shape index (κ3) is 5.32. The first-order chi connectivity index (χ1) is 14.9. The fraction of sp³-hybridized carbons (Fsp3) is 0.316. The van der Waals surface area contributed by atoms with Crippen molar-refractivity contribution in [1.29, 1.82) is 0 Å². The highest BCUT2D eigenvalue weighted by atomic mass is 32.2. The minimum absolute atomic E-state index is 0.0858. The summed E-state index contributed by atoms with van der Waals surface area (Å²) in [4.78, 5) is 26.8. The molecule has 1 N–H and O–H groups in total. The number of carbonyl (C=O) groups is 2. The first-order valence-corrected chi connectivity index (χ1v) is 11.1. The van der Waals surface area contributed by atoms with E-state index < -0.39 is 0 Å². The molecule has 0 radical (unpaired) electrons. The highest BCUT2D eigenvalue weighted by Crippen LogP contribution is 2.40. The maximum Gasteiger partial charge on any atom is 0.266 e. The Hall–Kier alpha value is -2.70. The number of thiocarbonyl (C=S) groups is 1. The zero-order chi connectivity index (χ0) is 22.5. The molecule has 12 heteroatoms. The van der Waals surface area contributed by atoms with E-state index in [4.69, 9.17) is 26.4 Å². The SMILES string of the molecule is COc1cc(/C=C2/SC(=S)N(CCC(=O)Nc3nnc(C)s3)C2=O)cc(OC)c1OC. The molecule has 9 nitrogen and oxygen atoms in total. The van der Waals surface area contributed by atoms with Gasteiger partial charge in [0, 0.05) is 13.0 Å². The van der Waals surface area contributed by atoms with Gasteiger partial charge in [-0.15, -0.1) is 10.2 Å². The van der Waals surface area contributed by atoms with Gasteiger partial charge in [0.25, 0.3) is 5.91 Å². The van der Waals surface area contributed by atoms with Crippen molar-refractivity contribution in [1.82, 2.24) is 15.1 Å². The van der Waals surface area contributed by atoms with Crippen molar-refractivity contribution in [3.8, 4) is 17.2 Å². The Morgan fingerprint density at radius 2 is 1.87 bits per heavy atom. The van der Waals surface area contributed by atoms with Gasteiger partial charge < -0.3 is 19.5 Å². The van der Waals surface area contributed by atoms with Gasteiger partial charge in [0.1, 0.15) is 9.33 Å². The number of aromatic nitrogens is 2. The summed E-state index contributed by atoms with van der Waals surface area (Å²) in [5, 5.41) is 11.5. The van der Waals surface area contributed by atoms with Gasteiger partial charge in [0.05, 0.1) is 26.2 Å². The van der Waals surface area contributed by atoms with Crippen molar-refractivity contribution in [3.05, 3.63) is 27.6 Å². The minimum Gasteiger partial charge on any atom is -0.493 e. The smallest absolute Gasteiger partial charge is 0.266 e. The lowest BCUT2D eigenvalue weighted by molar-refractivity contribution is -0.122. The number of thioether (sulfide) groups is 1. The molecule has 164 valence electrons. The Morgan fingerprint density at radius 3 is 2.42 bits per heavy atom. The Labute approximate surface area is 192 Å². The number of nitrogens with zero attached hydrogens (tertiary/aromatic N) is 3. The number of rotatable bonds is 8. The number of anilines is 1. The fourth-order valence-corrected chi connectivity index (χ4v) is 4.69. The number of benzene rings is 1. The molecule has 1 fully saturated rings. The number of hydrogen-bond acceptors (Lipinski definition) is 10. The van der Waals surface area contributed by atoms with Crippen LogP contribution in [-0.2, 0) is 9.59 Å². The largest absolute Gasteiger partial charge is 0.493 e. The molecule has 1 saturated heterocycles. The molecule has 0 saturated carbocycles. The molecule has 0 bridgehead atoms. The molecule has 1 aromatic carbocycles. The summed E-state index contributed by atoms with van der Waals surface area (Å²) in [6, 6.07) is 3.48. The van der Waals surface area contributed by atoms with Crippen molar-refractivity contribution in [3.63, 3.8) is 0 Å². The molecule has 0 aliphatic carbocycles. The standard InChI is InChI=1S/C19H20N4O5S3/c1-10-21-22-18(30-10)20-15(24)5-6-23-17(25)14(31-19(23)29)9-11-7-12(26-2)16(28-4)13(8-11)27-3/h7-9H,5-6H2,1-4H3,(H,20,22,24)/b14-9+. The molecule has 0 unspecified atom stereocenters. The quantitative estimate of drug-likeness (QED) is 0.451. The summed E-state index contributed by atoms with van der Waals surface area (Å²) in [6.07, 6.45) is 1.79. The van der Waals surface area contributed by atoms with Crippen LogP contribution in [0.3, 0.4) is 0 Å². The maximum atomic E-state index is 12.8. The molecular weight excluding hydrogens is 460 g/mol. The van der Waals surface area contributed by atoms with Gasteiger partial charge in [-0.3, -0.25) is 14.5 Å². The first kappa shape index (κ1) is 23.0. The van der Waals surface area contributed by atoms with Crippen LogP contribution < -0.4 is 19.5 Å². The second kappa shape index (κ2) is 10.1. The lowest BCUT2D eigenvalue weighted by atomic mass is 10.1. The van der Waals surface area contributed by atoms with E-state index >= 15 is 0 Å². The van der Waals surface area contributed by atoms with Crippen molar-refractivity contribution < 1.29 is 23.8 Å². The highest BCUT2D eigenvalue weighted by molar-refractivity contribution is 8.26. The van der Waals surface area contributed by atoms with Gasteiger partial charge >= 0.3 is 0 Å². The Bertz CT molecular complexity index is 1030. The predicted octanol–water partition coefficient (Wildman–Crippen LogP) is 3.10. The van der Waals surface area contributed by atoms with Crippen LogP contribution in [0.4, 0.5) is 5.13 Å². The van der Waals surface area contributed by atoms with Crippen LogP contribution in [-0.4, -0.2) is 59.1 Å². The lowest BCUT2D eigenvalue weighted by Crippen LogP contribution is -2.31. The molecule has 3 rings (SSSR count). The van der Waals surface area contributed by atoms with Gasteiger partial charge in [0.2, 0.25) is 16.8 Å². The number of amides is 2. The topological polar surface area (TPSA) is 103 Å². The second-order valence-corrected chi connectivity index (χ2v) is 9.07. The van der Waals surface area contributed by atoms with Gasteiger partial charge in [-0.25, -0.2) is 0 Å². The Kier molecular flexibility index (Phi) is 7.46. The number of aryl methyl sites for hydroxylation is 1. The molecule has 1 aliphatic rings. The Morgan fingerprint density at radius 1 is 1.19 bits per heavy atom. The van der Waals surface area contributed by atoms with E-state index in [-0.39, 0.29) is 24.8 Å². The third-order valence-electron chi connectivity index (χ3n) is 4.19. The van der Waals surface area contributed by atoms with Crippen molar-refractivity contribution in [2.24, 2.45) is 0 Å². The number of nitrogens with one attached hydrogen (secondary N) is 1. The number of carbonyl (C=O) groups excluding carboxylic acids is 2. The van der Waals surface area contributed by atoms with Crippen LogP contribution in [0, 0.1) is 6.92 Å². The summed E-state index contributed by atoms with van der Waals surface area (Å²) in [5.74, 6) is 0.896. The van der Waals surface area contributed by atoms with E-state index in [1.165, 1.54) is 49.3 Å². The third-order valence-corrected chi connectivity index (χ3v) is 6.33. The van der Waals surface area contributed by atoms with Crippen LogP contribution in [0.15, 0.2) is 17.0 Å². The molecule has 1 aliphatic heterocycles. The van der Waals surface area contributed by atoms with Crippen LogP contribution in [0.25, 0.3) is 6.08 Å². The molecule has 2 aromatic rings. The van der Waals surface area contributed by atoms with E-state index in [1.54, 1.807) is 25.1 Å². The average molecular weight is 481 g/mol. The van der Waals surface area contributed by atoms with Crippen LogP contribution in [0.2, 0.25) is 0 Å².